The molecule has 0 saturated heterocycles. The lowest BCUT2D eigenvalue weighted by atomic mass is 9.99. The summed E-state index contributed by atoms with van der Waals surface area (Å²) in [5.74, 6) is 1.39. The average molecular weight is 413 g/mol. The van der Waals surface area contributed by atoms with Crippen molar-refractivity contribution in [3.8, 4) is 39.6 Å². The molecule has 156 valence electrons. The van der Waals surface area contributed by atoms with E-state index in [2.05, 4.69) is 9.97 Å². The van der Waals surface area contributed by atoms with Gasteiger partial charge in [-0.15, -0.1) is 0 Å². The SMILES string of the molecule is COc1ccccc1-c1cnc(N)nc1-c1ccc(OCc2ccc(C)cc2)cc1O. The van der Waals surface area contributed by atoms with Gasteiger partial charge in [-0.1, -0.05) is 48.0 Å². The molecular weight excluding hydrogens is 390 g/mol. The number of nitrogen functional groups attached to an aromatic ring is 1. The number of ether oxygens (including phenoxy) is 2. The first-order valence-electron chi connectivity index (χ1n) is 9.83. The van der Waals surface area contributed by atoms with Crippen LogP contribution in [0.25, 0.3) is 22.4 Å². The molecule has 0 amide bonds. The second-order valence-corrected chi connectivity index (χ2v) is 7.14. The van der Waals surface area contributed by atoms with E-state index in [4.69, 9.17) is 15.2 Å². The lowest BCUT2D eigenvalue weighted by molar-refractivity contribution is 0.304. The molecule has 0 saturated carbocycles. The van der Waals surface area contributed by atoms with Crippen LogP contribution in [-0.4, -0.2) is 22.2 Å². The second kappa shape index (κ2) is 8.75. The van der Waals surface area contributed by atoms with Crippen molar-refractivity contribution in [1.82, 2.24) is 9.97 Å². The van der Waals surface area contributed by atoms with Gasteiger partial charge in [0, 0.05) is 29.0 Å². The summed E-state index contributed by atoms with van der Waals surface area (Å²) in [4.78, 5) is 8.54. The molecule has 0 radical (unpaired) electrons. The van der Waals surface area contributed by atoms with Crippen molar-refractivity contribution in [3.63, 3.8) is 0 Å². The zero-order valence-electron chi connectivity index (χ0n) is 17.4. The third kappa shape index (κ3) is 4.43. The first-order valence-corrected chi connectivity index (χ1v) is 9.83. The molecule has 4 rings (SSSR count). The van der Waals surface area contributed by atoms with Gasteiger partial charge in [0.05, 0.1) is 12.8 Å². The lowest BCUT2D eigenvalue weighted by Gasteiger charge is -2.14. The molecule has 3 aromatic carbocycles. The monoisotopic (exact) mass is 413 g/mol. The number of phenols is 1. The van der Waals surface area contributed by atoms with Crippen LogP contribution in [0.15, 0.2) is 72.9 Å². The fourth-order valence-corrected chi connectivity index (χ4v) is 3.32. The fraction of sp³-hybridized carbons (Fsp3) is 0.120. The first kappa shape index (κ1) is 20.2. The number of aryl methyl sites for hydroxylation is 1. The molecule has 0 atom stereocenters. The van der Waals surface area contributed by atoms with E-state index in [-0.39, 0.29) is 11.7 Å². The number of hydrogen-bond acceptors (Lipinski definition) is 6. The molecule has 1 aromatic heterocycles. The van der Waals surface area contributed by atoms with Crippen LogP contribution in [0.4, 0.5) is 5.95 Å². The molecule has 3 N–H and O–H groups in total. The van der Waals surface area contributed by atoms with E-state index < -0.39 is 0 Å². The van der Waals surface area contributed by atoms with Crippen molar-refractivity contribution in [1.29, 1.82) is 0 Å². The average Bonchev–Trinajstić information content (AvgIpc) is 2.79. The summed E-state index contributed by atoms with van der Waals surface area (Å²) in [5.41, 5.74) is 10.7. The van der Waals surface area contributed by atoms with Crippen molar-refractivity contribution < 1.29 is 14.6 Å². The number of nitrogens with zero attached hydrogens (tertiary/aromatic N) is 2. The fourth-order valence-electron chi connectivity index (χ4n) is 3.32. The van der Waals surface area contributed by atoms with E-state index >= 15 is 0 Å². The summed E-state index contributed by atoms with van der Waals surface area (Å²) in [7, 11) is 1.61. The maximum atomic E-state index is 10.8. The highest BCUT2D eigenvalue weighted by atomic mass is 16.5. The standard InChI is InChI=1S/C25H23N3O3/c1-16-7-9-17(10-8-16)15-31-18-11-12-20(22(29)13-18)24-21(14-27-25(26)28-24)19-5-3-4-6-23(19)30-2/h3-14,29H,15H2,1-2H3,(H2,26,27,28). The van der Waals surface area contributed by atoms with Gasteiger partial charge in [0.25, 0.3) is 0 Å². The number of anilines is 1. The number of aromatic hydroxyl groups is 1. The smallest absolute Gasteiger partial charge is 0.220 e. The Hall–Kier alpha value is -4.06. The van der Waals surface area contributed by atoms with Crippen LogP contribution in [0.3, 0.4) is 0 Å². The number of hydrogen-bond donors (Lipinski definition) is 2. The number of phenolic OH excluding ortho intramolecular Hbond substituents is 1. The van der Waals surface area contributed by atoms with Gasteiger partial charge in [-0.05, 0) is 30.7 Å². The van der Waals surface area contributed by atoms with Gasteiger partial charge in [-0.25, -0.2) is 9.97 Å². The van der Waals surface area contributed by atoms with E-state index in [0.29, 0.717) is 34.9 Å². The minimum atomic E-state index is 0.0376. The van der Waals surface area contributed by atoms with Gasteiger partial charge < -0.3 is 20.3 Å². The predicted octanol–water partition coefficient (Wildman–Crippen LogP) is 4.99. The van der Waals surface area contributed by atoms with E-state index in [1.807, 2.05) is 55.5 Å². The number of benzene rings is 3. The highest BCUT2D eigenvalue weighted by Crippen LogP contribution is 2.40. The van der Waals surface area contributed by atoms with Crippen molar-refractivity contribution in [2.75, 3.05) is 12.8 Å². The Morgan fingerprint density at radius 1 is 0.935 bits per heavy atom. The highest BCUT2D eigenvalue weighted by Gasteiger charge is 2.17. The van der Waals surface area contributed by atoms with Gasteiger partial charge in [0.1, 0.15) is 23.9 Å². The Balaban J connectivity index is 1.67. The van der Waals surface area contributed by atoms with Gasteiger partial charge in [0.2, 0.25) is 5.95 Å². The third-order valence-corrected chi connectivity index (χ3v) is 4.95. The third-order valence-electron chi connectivity index (χ3n) is 4.95. The van der Waals surface area contributed by atoms with Crippen molar-refractivity contribution in [2.24, 2.45) is 0 Å². The summed E-state index contributed by atoms with van der Waals surface area (Å²) in [5, 5.41) is 10.8. The Bertz CT molecular complexity index is 1210. The molecule has 6 nitrogen and oxygen atoms in total. The van der Waals surface area contributed by atoms with Gasteiger partial charge in [-0.2, -0.15) is 0 Å². The number of nitrogens with two attached hydrogens (primary N) is 1. The Labute approximate surface area is 180 Å². The Kier molecular flexibility index (Phi) is 5.71. The van der Waals surface area contributed by atoms with E-state index in [9.17, 15) is 5.11 Å². The van der Waals surface area contributed by atoms with E-state index in [1.165, 1.54) is 5.56 Å². The van der Waals surface area contributed by atoms with E-state index in [1.54, 1.807) is 31.5 Å². The largest absolute Gasteiger partial charge is 0.507 e. The number of para-hydroxylation sites is 1. The summed E-state index contributed by atoms with van der Waals surface area (Å²) in [6.07, 6.45) is 1.64. The molecular formula is C25H23N3O3. The molecule has 0 spiro atoms. The summed E-state index contributed by atoms with van der Waals surface area (Å²) in [6, 6.07) is 20.8. The second-order valence-electron chi connectivity index (χ2n) is 7.14. The van der Waals surface area contributed by atoms with Crippen molar-refractivity contribution in [2.45, 2.75) is 13.5 Å². The first-order chi connectivity index (χ1) is 15.0. The lowest BCUT2D eigenvalue weighted by Crippen LogP contribution is -2.00. The van der Waals surface area contributed by atoms with Gasteiger partial charge in [0.15, 0.2) is 0 Å². The zero-order valence-corrected chi connectivity index (χ0v) is 17.4. The van der Waals surface area contributed by atoms with Crippen molar-refractivity contribution >= 4 is 5.95 Å². The minimum Gasteiger partial charge on any atom is -0.507 e. The maximum absolute atomic E-state index is 10.8. The zero-order chi connectivity index (χ0) is 21.8. The molecule has 0 fully saturated rings. The van der Waals surface area contributed by atoms with Crippen LogP contribution in [0.5, 0.6) is 17.2 Å². The van der Waals surface area contributed by atoms with Crippen LogP contribution in [-0.2, 0) is 6.61 Å². The molecule has 0 bridgehead atoms. The Morgan fingerprint density at radius 2 is 1.71 bits per heavy atom. The molecule has 6 heteroatoms. The maximum Gasteiger partial charge on any atom is 0.220 e. The number of methoxy groups -OCH3 is 1. The quantitative estimate of drug-likeness (QED) is 0.463. The molecule has 1 heterocycles. The predicted molar refractivity (Wildman–Crippen MR) is 121 cm³/mol. The van der Waals surface area contributed by atoms with Crippen LogP contribution in [0, 0.1) is 6.92 Å². The summed E-state index contributed by atoms with van der Waals surface area (Å²) < 4.78 is 11.3. The summed E-state index contributed by atoms with van der Waals surface area (Å²) >= 11 is 0. The van der Waals surface area contributed by atoms with Gasteiger partial charge >= 0.3 is 0 Å². The molecule has 0 aliphatic rings. The van der Waals surface area contributed by atoms with Crippen LogP contribution < -0.4 is 15.2 Å². The van der Waals surface area contributed by atoms with Crippen molar-refractivity contribution in [3.05, 3.63) is 84.1 Å². The number of aromatic nitrogens is 2. The molecule has 31 heavy (non-hydrogen) atoms. The van der Waals surface area contributed by atoms with Crippen LogP contribution >= 0.6 is 0 Å². The minimum absolute atomic E-state index is 0.0376. The highest BCUT2D eigenvalue weighted by molar-refractivity contribution is 5.86. The molecule has 0 aliphatic heterocycles. The van der Waals surface area contributed by atoms with Crippen LogP contribution in [0.1, 0.15) is 11.1 Å². The number of rotatable bonds is 6. The molecule has 0 unspecified atom stereocenters. The molecule has 0 aliphatic carbocycles. The van der Waals surface area contributed by atoms with Crippen LogP contribution in [0.2, 0.25) is 0 Å². The van der Waals surface area contributed by atoms with Gasteiger partial charge in [-0.3, -0.25) is 0 Å². The Morgan fingerprint density at radius 3 is 2.45 bits per heavy atom. The summed E-state index contributed by atoms with van der Waals surface area (Å²) in [6.45, 7) is 2.45. The van der Waals surface area contributed by atoms with E-state index in [0.717, 1.165) is 11.1 Å². The topological polar surface area (TPSA) is 90.5 Å². The normalized spacial score (nSPS) is 10.6. The molecule has 4 aromatic rings.